The maximum absolute atomic E-state index is 13.3. The molecule has 102 valence electrons. The molecule has 1 amide bonds. The standard InChI is InChI=1S/C14H13FN4O/c15-10-1-4-12(13(5-10)18-11-2-3-11)19-14(20)9-6-16-8-17-7-9/h1,4-8,11,18H,2-3H2,(H,19,20). The van der Waals surface area contributed by atoms with Crippen molar-refractivity contribution in [2.24, 2.45) is 0 Å². The summed E-state index contributed by atoms with van der Waals surface area (Å²) in [6, 6.07) is 4.61. The fourth-order valence-electron chi connectivity index (χ4n) is 1.80. The molecule has 3 rings (SSSR count). The van der Waals surface area contributed by atoms with E-state index in [1.165, 1.54) is 30.9 Å². The summed E-state index contributed by atoms with van der Waals surface area (Å²) in [5.41, 5.74) is 1.50. The summed E-state index contributed by atoms with van der Waals surface area (Å²) in [6.07, 6.45) is 6.35. The second-order valence-electron chi connectivity index (χ2n) is 4.69. The first-order valence-corrected chi connectivity index (χ1v) is 6.35. The summed E-state index contributed by atoms with van der Waals surface area (Å²) in [5, 5.41) is 5.94. The molecule has 1 saturated carbocycles. The lowest BCUT2D eigenvalue weighted by Gasteiger charge is -2.12. The molecule has 1 aromatic heterocycles. The van der Waals surface area contributed by atoms with E-state index in [0.717, 1.165) is 12.8 Å². The largest absolute Gasteiger partial charge is 0.381 e. The van der Waals surface area contributed by atoms with E-state index in [0.29, 0.717) is 23.0 Å². The van der Waals surface area contributed by atoms with Crippen LogP contribution in [0.3, 0.4) is 0 Å². The van der Waals surface area contributed by atoms with Gasteiger partial charge in [-0.25, -0.2) is 14.4 Å². The highest BCUT2D eigenvalue weighted by molar-refractivity contribution is 6.05. The lowest BCUT2D eigenvalue weighted by atomic mass is 10.2. The van der Waals surface area contributed by atoms with Gasteiger partial charge in [-0.05, 0) is 31.0 Å². The van der Waals surface area contributed by atoms with Crippen molar-refractivity contribution in [1.82, 2.24) is 9.97 Å². The molecule has 5 nitrogen and oxygen atoms in total. The van der Waals surface area contributed by atoms with E-state index < -0.39 is 0 Å². The van der Waals surface area contributed by atoms with E-state index in [1.54, 1.807) is 6.07 Å². The molecule has 6 heteroatoms. The molecular weight excluding hydrogens is 259 g/mol. The molecule has 20 heavy (non-hydrogen) atoms. The number of halogens is 1. The SMILES string of the molecule is O=C(Nc1ccc(F)cc1NC1CC1)c1cncnc1. The molecule has 1 fully saturated rings. The first-order valence-electron chi connectivity index (χ1n) is 6.35. The van der Waals surface area contributed by atoms with Crippen molar-refractivity contribution in [3.05, 3.63) is 48.3 Å². The Morgan fingerprint density at radius 1 is 1.20 bits per heavy atom. The average molecular weight is 272 g/mol. The van der Waals surface area contributed by atoms with Gasteiger partial charge in [0.15, 0.2) is 0 Å². The van der Waals surface area contributed by atoms with Crippen molar-refractivity contribution in [2.75, 3.05) is 10.6 Å². The van der Waals surface area contributed by atoms with E-state index in [1.807, 2.05) is 0 Å². The van der Waals surface area contributed by atoms with Crippen LogP contribution in [-0.2, 0) is 0 Å². The molecule has 2 aromatic rings. The van der Waals surface area contributed by atoms with Gasteiger partial charge in [-0.15, -0.1) is 0 Å². The number of rotatable bonds is 4. The molecule has 0 atom stereocenters. The highest BCUT2D eigenvalue weighted by atomic mass is 19.1. The summed E-state index contributed by atoms with van der Waals surface area (Å²) in [6.45, 7) is 0. The van der Waals surface area contributed by atoms with Crippen molar-refractivity contribution >= 4 is 17.3 Å². The van der Waals surface area contributed by atoms with E-state index in [9.17, 15) is 9.18 Å². The molecule has 0 bridgehead atoms. The number of hydrogen-bond acceptors (Lipinski definition) is 4. The van der Waals surface area contributed by atoms with E-state index in [-0.39, 0.29) is 11.7 Å². The average Bonchev–Trinajstić information content (AvgIpc) is 3.27. The first-order chi connectivity index (χ1) is 9.72. The van der Waals surface area contributed by atoms with Crippen LogP contribution >= 0.6 is 0 Å². The van der Waals surface area contributed by atoms with E-state index in [2.05, 4.69) is 20.6 Å². The van der Waals surface area contributed by atoms with Crippen molar-refractivity contribution in [1.29, 1.82) is 0 Å². The fraction of sp³-hybridized carbons (Fsp3) is 0.214. The Kier molecular flexibility index (Phi) is 3.28. The van der Waals surface area contributed by atoms with Crippen molar-refractivity contribution in [3.63, 3.8) is 0 Å². The predicted molar refractivity (Wildman–Crippen MR) is 73.0 cm³/mol. The van der Waals surface area contributed by atoms with Crippen LogP contribution in [0, 0.1) is 5.82 Å². The highest BCUT2D eigenvalue weighted by Crippen LogP contribution is 2.30. The minimum absolute atomic E-state index is 0.323. The molecule has 2 N–H and O–H groups in total. The number of nitrogens with one attached hydrogen (secondary N) is 2. The molecule has 1 aromatic carbocycles. The van der Waals surface area contributed by atoms with Gasteiger partial charge in [-0.1, -0.05) is 0 Å². The molecule has 0 spiro atoms. The van der Waals surface area contributed by atoms with Gasteiger partial charge in [-0.3, -0.25) is 4.79 Å². The normalized spacial score (nSPS) is 13.8. The fourth-order valence-corrected chi connectivity index (χ4v) is 1.80. The molecule has 0 saturated heterocycles. The second kappa shape index (κ2) is 5.24. The zero-order valence-electron chi connectivity index (χ0n) is 10.6. The summed E-state index contributed by atoms with van der Waals surface area (Å²) in [5.74, 6) is -0.662. The molecular formula is C14H13FN4O. The van der Waals surface area contributed by atoms with Crippen LogP contribution < -0.4 is 10.6 Å². The van der Waals surface area contributed by atoms with Crippen molar-refractivity contribution < 1.29 is 9.18 Å². The Morgan fingerprint density at radius 2 is 1.95 bits per heavy atom. The molecule has 0 aliphatic heterocycles. The summed E-state index contributed by atoms with van der Waals surface area (Å²) in [7, 11) is 0. The quantitative estimate of drug-likeness (QED) is 0.897. The maximum Gasteiger partial charge on any atom is 0.258 e. The second-order valence-corrected chi connectivity index (χ2v) is 4.69. The maximum atomic E-state index is 13.3. The Bertz CT molecular complexity index is 628. The molecule has 0 unspecified atom stereocenters. The number of nitrogens with zero attached hydrogens (tertiary/aromatic N) is 2. The lowest BCUT2D eigenvalue weighted by Crippen LogP contribution is -2.14. The first kappa shape index (κ1) is 12.5. The Hall–Kier alpha value is -2.50. The number of aromatic nitrogens is 2. The zero-order chi connectivity index (χ0) is 13.9. The molecule has 1 heterocycles. The zero-order valence-corrected chi connectivity index (χ0v) is 10.6. The number of hydrogen-bond donors (Lipinski definition) is 2. The Labute approximate surface area is 115 Å². The third-order valence-corrected chi connectivity index (χ3v) is 2.99. The monoisotopic (exact) mass is 272 g/mol. The minimum Gasteiger partial charge on any atom is -0.381 e. The van der Waals surface area contributed by atoms with E-state index >= 15 is 0 Å². The topological polar surface area (TPSA) is 66.9 Å². The van der Waals surface area contributed by atoms with Gasteiger partial charge < -0.3 is 10.6 Å². The van der Waals surface area contributed by atoms with Crippen molar-refractivity contribution in [2.45, 2.75) is 18.9 Å². The summed E-state index contributed by atoms with van der Waals surface area (Å²) < 4.78 is 13.3. The van der Waals surface area contributed by atoms with Crippen LogP contribution in [0.4, 0.5) is 15.8 Å². The van der Waals surface area contributed by atoms with Crippen LogP contribution in [0.2, 0.25) is 0 Å². The number of benzene rings is 1. The van der Waals surface area contributed by atoms with E-state index in [4.69, 9.17) is 0 Å². The van der Waals surface area contributed by atoms with Crippen LogP contribution in [0.1, 0.15) is 23.2 Å². The number of anilines is 2. The third kappa shape index (κ3) is 2.90. The number of amides is 1. The van der Waals surface area contributed by atoms with Gasteiger partial charge in [0.1, 0.15) is 12.1 Å². The van der Waals surface area contributed by atoms with Gasteiger partial charge in [0.05, 0.1) is 16.9 Å². The van der Waals surface area contributed by atoms with Gasteiger partial charge in [-0.2, -0.15) is 0 Å². The van der Waals surface area contributed by atoms with Crippen LogP contribution in [0.5, 0.6) is 0 Å². The van der Waals surface area contributed by atoms with Crippen molar-refractivity contribution in [3.8, 4) is 0 Å². The summed E-state index contributed by atoms with van der Waals surface area (Å²) in [4.78, 5) is 19.6. The lowest BCUT2D eigenvalue weighted by molar-refractivity contribution is 0.102. The van der Waals surface area contributed by atoms with Gasteiger partial charge in [0, 0.05) is 18.4 Å². The smallest absolute Gasteiger partial charge is 0.258 e. The molecule has 0 radical (unpaired) electrons. The number of carbonyl (C=O) groups excluding carboxylic acids is 1. The minimum atomic E-state index is -0.339. The predicted octanol–water partition coefficient (Wildman–Crippen LogP) is 2.44. The van der Waals surface area contributed by atoms with Gasteiger partial charge in [0.2, 0.25) is 0 Å². The van der Waals surface area contributed by atoms with Gasteiger partial charge >= 0.3 is 0 Å². The molecule has 1 aliphatic carbocycles. The van der Waals surface area contributed by atoms with Crippen LogP contribution in [-0.4, -0.2) is 21.9 Å². The Balaban J connectivity index is 1.81. The summed E-state index contributed by atoms with van der Waals surface area (Å²) >= 11 is 0. The van der Waals surface area contributed by atoms with Crippen LogP contribution in [0.15, 0.2) is 36.9 Å². The van der Waals surface area contributed by atoms with Crippen LogP contribution in [0.25, 0.3) is 0 Å². The van der Waals surface area contributed by atoms with Gasteiger partial charge in [0.25, 0.3) is 5.91 Å². The highest BCUT2D eigenvalue weighted by Gasteiger charge is 2.22. The Morgan fingerprint density at radius 3 is 2.65 bits per heavy atom. The third-order valence-electron chi connectivity index (χ3n) is 2.99. The number of carbonyl (C=O) groups is 1. The molecule has 1 aliphatic rings.